The van der Waals surface area contributed by atoms with Crippen LogP contribution in [-0.2, 0) is 10.0 Å². The van der Waals surface area contributed by atoms with Gasteiger partial charge in [0.15, 0.2) is 0 Å². The van der Waals surface area contributed by atoms with E-state index >= 15 is 0 Å². The highest BCUT2D eigenvalue weighted by Crippen LogP contribution is 1.98. The van der Waals surface area contributed by atoms with Crippen molar-refractivity contribution in [3.8, 4) is 0 Å². The Morgan fingerprint density at radius 3 is 2.29 bits per heavy atom. The van der Waals surface area contributed by atoms with Crippen molar-refractivity contribution in [2.75, 3.05) is 39.0 Å². The standard InChI is InChI=1S/C11H26N2O3S/c1-3-13(17(2,15)16)10-7-9-12-8-5-4-6-11-14/h12,14H,3-11H2,1-2H3. The smallest absolute Gasteiger partial charge is 0.211 e. The SMILES string of the molecule is CCN(CCCNCCCCCO)S(C)(=O)=O. The van der Waals surface area contributed by atoms with Crippen LogP contribution in [0.2, 0.25) is 0 Å². The number of rotatable bonds is 11. The summed E-state index contributed by atoms with van der Waals surface area (Å²) in [6.07, 6.45) is 5.04. The Balaban J connectivity index is 3.44. The monoisotopic (exact) mass is 266 g/mol. The molecule has 0 aliphatic heterocycles. The number of nitrogens with zero attached hydrogens (tertiary/aromatic N) is 1. The lowest BCUT2D eigenvalue weighted by Gasteiger charge is -2.17. The Hall–Kier alpha value is -0.170. The molecule has 0 rings (SSSR count). The van der Waals surface area contributed by atoms with Gasteiger partial charge in [0.2, 0.25) is 10.0 Å². The average molecular weight is 266 g/mol. The topological polar surface area (TPSA) is 69.6 Å². The van der Waals surface area contributed by atoms with Crippen LogP contribution in [-0.4, -0.2) is 56.9 Å². The molecule has 0 aromatic carbocycles. The van der Waals surface area contributed by atoms with Crippen molar-refractivity contribution >= 4 is 10.0 Å². The Labute approximate surface area is 105 Å². The van der Waals surface area contributed by atoms with Crippen LogP contribution in [0.5, 0.6) is 0 Å². The number of hydrogen-bond acceptors (Lipinski definition) is 4. The molecule has 5 nitrogen and oxygen atoms in total. The second-order valence-corrected chi connectivity index (χ2v) is 6.12. The van der Waals surface area contributed by atoms with Crippen LogP contribution in [0.25, 0.3) is 0 Å². The molecule has 0 fully saturated rings. The van der Waals surface area contributed by atoms with E-state index in [1.807, 2.05) is 6.92 Å². The van der Waals surface area contributed by atoms with Crippen LogP contribution in [0.15, 0.2) is 0 Å². The maximum absolute atomic E-state index is 11.3. The van der Waals surface area contributed by atoms with Crippen LogP contribution < -0.4 is 5.32 Å². The molecule has 0 aliphatic rings. The summed E-state index contributed by atoms with van der Waals surface area (Å²) in [4.78, 5) is 0. The van der Waals surface area contributed by atoms with Gasteiger partial charge in [-0.15, -0.1) is 0 Å². The Morgan fingerprint density at radius 2 is 1.76 bits per heavy atom. The molecule has 17 heavy (non-hydrogen) atoms. The largest absolute Gasteiger partial charge is 0.396 e. The summed E-state index contributed by atoms with van der Waals surface area (Å²) < 4.78 is 24.1. The molecule has 0 amide bonds. The minimum atomic E-state index is -3.04. The first-order valence-corrected chi connectivity index (χ1v) is 8.14. The Bertz CT molecular complexity index is 268. The zero-order chi connectivity index (χ0) is 13.1. The minimum absolute atomic E-state index is 0.264. The van der Waals surface area contributed by atoms with Gasteiger partial charge in [0.25, 0.3) is 0 Å². The van der Waals surface area contributed by atoms with E-state index in [0.29, 0.717) is 13.1 Å². The van der Waals surface area contributed by atoms with E-state index < -0.39 is 10.0 Å². The third kappa shape index (κ3) is 9.52. The molecule has 0 aromatic heterocycles. The normalized spacial score (nSPS) is 12.2. The van der Waals surface area contributed by atoms with Crippen molar-refractivity contribution in [2.45, 2.75) is 32.6 Å². The van der Waals surface area contributed by atoms with Crippen molar-refractivity contribution in [3.63, 3.8) is 0 Å². The molecule has 0 aromatic rings. The lowest BCUT2D eigenvalue weighted by atomic mass is 10.2. The van der Waals surface area contributed by atoms with Gasteiger partial charge in [0, 0.05) is 19.7 Å². The molecule has 0 radical (unpaired) electrons. The Morgan fingerprint density at radius 1 is 1.12 bits per heavy atom. The van der Waals surface area contributed by atoms with Gasteiger partial charge in [-0.05, 0) is 38.8 Å². The maximum Gasteiger partial charge on any atom is 0.211 e. The molecule has 0 aliphatic carbocycles. The van der Waals surface area contributed by atoms with E-state index in [4.69, 9.17) is 5.11 Å². The highest BCUT2D eigenvalue weighted by Gasteiger charge is 2.12. The molecule has 2 N–H and O–H groups in total. The first kappa shape index (κ1) is 16.8. The number of unbranched alkanes of at least 4 members (excludes halogenated alkanes) is 2. The first-order valence-electron chi connectivity index (χ1n) is 6.29. The lowest BCUT2D eigenvalue weighted by Crippen LogP contribution is -2.32. The summed E-state index contributed by atoms with van der Waals surface area (Å²) >= 11 is 0. The fraction of sp³-hybridized carbons (Fsp3) is 1.00. The van der Waals surface area contributed by atoms with E-state index in [0.717, 1.165) is 38.8 Å². The van der Waals surface area contributed by atoms with E-state index in [-0.39, 0.29) is 6.61 Å². The van der Waals surface area contributed by atoms with Gasteiger partial charge in [-0.25, -0.2) is 12.7 Å². The number of hydrogen-bond donors (Lipinski definition) is 2. The zero-order valence-electron chi connectivity index (χ0n) is 11.0. The van der Waals surface area contributed by atoms with Crippen LogP contribution in [0, 0.1) is 0 Å². The fourth-order valence-corrected chi connectivity index (χ4v) is 2.53. The minimum Gasteiger partial charge on any atom is -0.396 e. The quantitative estimate of drug-likeness (QED) is 0.532. The van der Waals surface area contributed by atoms with E-state index in [1.54, 1.807) is 0 Å². The van der Waals surface area contributed by atoms with Gasteiger partial charge in [-0.3, -0.25) is 0 Å². The van der Waals surface area contributed by atoms with Crippen molar-refractivity contribution in [3.05, 3.63) is 0 Å². The summed E-state index contributed by atoms with van der Waals surface area (Å²) in [5, 5.41) is 11.9. The van der Waals surface area contributed by atoms with Crippen LogP contribution in [0.4, 0.5) is 0 Å². The number of aliphatic hydroxyl groups is 1. The molecular weight excluding hydrogens is 240 g/mol. The summed E-state index contributed by atoms with van der Waals surface area (Å²) in [7, 11) is -3.04. The zero-order valence-corrected chi connectivity index (χ0v) is 11.8. The van der Waals surface area contributed by atoms with Crippen molar-refractivity contribution in [2.24, 2.45) is 0 Å². The molecule has 0 unspecified atom stereocenters. The van der Waals surface area contributed by atoms with Gasteiger partial charge >= 0.3 is 0 Å². The number of aliphatic hydroxyl groups excluding tert-OH is 1. The fourth-order valence-electron chi connectivity index (χ4n) is 1.60. The van der Waals surface area contributed by atoms with Crippen molar-refractivity contribution < 1.29 is 13.5 Å². The van der Waals surface area contributed by atoms with Gasteiger partial charge in [0.05, 0.1) is 6.26 Å². The molecule has 0 saturated carbocycles. The molecule has 104 valence electrons. The highest BCUT2D eigenvalue weighted by molar-refractivity contribution is 7.88. The van der Waals surface area contributed by atoms with Crippen LogP contribution in [0.3, 0.4) is 0 Å². The summed E-state index contributed by atoms with van der Waals surface area (Å²) in [5.74, 6) is 0. The Kier molecular flexibility index (Phi) is 9.72. The summed E-state index contributed by atoms with van der Waals surface area (Å²) in [6.45, 7) is 5.01. The lowest BCUT2D eigenvalue weighted by molar-refractivity contribution is 0.283. The maximum atomic E-state index is 11.3. The van der Waals surface area contributed by atoms with Crippen molar-refractivity contribution in [1.29, 1.82) is 0 Å². The number of sulfonamides is 1. The van der Waals surface area contributed by atoms with Gasteiger partial charge in [-0.2, -0.15) is 0 Å². The highest BCUT2D eigenvalue weighted by atomic mass is 32.2. The first-order chi connectivity index (χ1) is 8.02. The predicted octanol–water partition coefficient (Wildman–Crippen LogP) is 0.410. The molecule has 0 heterocycles. The van der Waals surface area contributed by atoms with Crippen LogP contribution in [0.1, 0.15) is 32.6 Å². The number of nitrogens with one attached hydrogen (secondary N) is 1. The van der Waals surface area contributed by atoms with Gasteiger partial charge < -0.3 is 10.4 Å². The molecular formula is C11H26N2O3S. The van der Waals surface area contributed by atoms with E-state index in [1.165, 1.54) is 10.6 Å². The van der Waals surface area contributed by atoms with Gasteiger partial charge in [-0.1, -0.05) is 6.92 Å². The summed E-state index contributed by atoms with van der Waals surface area (Å²) in [5.41, 5.74) is 0. The second kappa shape index (κ2) is 9.82. The third-order valence-corrected chi connectivity index (χ3v) is 3.97. The summed E-state index contributed by atoms with van der Waals surface area (Å²) in [6, 6.07) is 0. The van der Waals surface area contributed by atoms with Crippen LogP contribution >= 0.6 is 0 Å². The van der Waals surface area contributed by atoms with Crippen molar-refractivity contribution in [1.82, 2.24) is 9.62 Å². The molecule has 0 atom stereocenters. The molecule has 0 saturated heterocycles. The predicted molar refractivity (Wildman–Crippen MR) is 70.5 cm³/mol. The van der Waals surface area contributed by atoms with E-state index in [9.17, 15) is 8.42 Å². The van der Waals surface area contributed by atoms with E-state index in [2.05, 4.69) is 5.32 Å². The molecule has 0 bridgehead atoms. The third-order valence-electron chi connectivity index (χ3n) is 2.59. The average Bonchev–Trinajstić information content (AvgIpc) is 2.25. The molecule has 0 spiro atoms. The second-order valence-electron chi connectivity index (χ2n) is 4.14. The van der Waals surface area contributed by atoms with Gasteiger partial charge in [0.1, 0.15) is 0 Å². The molecule has 6 heteroatoms.